The summed E-state index contributed by atoms with van der Waals surface area (Å²) in [7, 11) is 0. The van der Waals surface area contributed by atoms with Gasteiger partial charge in [-0.15, -0.1) is 0 Å². The number of ether oxygens (including phenoxy) is 1. The third-order valence-corrected chi connectivity index (χ3v) is 7.18. The van der Waals surface area contributed by atoms with Gasteiger partial charge in [-0.2, -0.15) is 9.78 Å². The fourth-order valence-corrected chi connectivity index (χ4v) is 6.50. The van der Waals surface area contributed by atoms with Crippen molar-refractivity contribution in [3.05, 3.63) is 0 Å². The van der Waals surface area contributed by atoms with Crippen molar-refractivity contribution in [1.29, 1.82) is 0 Å². The zero-order chi connectivity index (χ0) is 15.7. The number of carboxylic acid groups (broad SMARTS) is 1. The molecule has 5 aliphatic carbocycles. The Kier molecular flexibility index (Phi) is 3.14. The van der Waals surface area contributed by atoms with Crippen LogP contribution in [0.15, 0.2) is 0 Å². The van der Waals surface area contributed by atoms with Gasteiger partial charge in [0.2, 0.25) is 11.6 Å². The molecule has 0 aromatic heterocycles. The predicted molar refractivity (Wildman–Crippen MR) is 80.0 cm³/mol. The van der Waals surface area contributed by atoms with Crippen LogP contribution in [0.25, 0.3) is 0 Å². The lowest BCUT2D eigenvalue weighted by atomic mass is 9.53. The molecule has 1 saturated heterocycles. The molecule has 1 unspecified atom stereocenters. The van der Waals surface area contributed by atoms with Gasteiger partial charge in [-0.25, -0.2) is 0 Å². The number of hydrogen-bond acceptors (Lipinski definition) is 4. The smallest absolute Gasteiger partial charge is 0.303 e. The van der Waals surface area contributed by atoms with Crippen molar-refractivity contribution in [3.8, 4) is 0 Å². The fraction of sp³-hybridized carbons (Fsp3) is 0.944. The standard InChI is InChI=1S/C18H26O5/c19-16(20)9-11-2-1-3-17(10-11)21-18(23-22-17)14-5-12-4-13(7-14)8-15(18)6-12/h11-15H,1-10H2,(H,19,20)/t11?,12?,13?,14?,15?,17-,18?/m1/s1. The van der Waals surface area contributed by atoms with Crippen LogP contribution in [-0.2, 0) is 19.3 Å². The monoisotopic (exact) mass is 322 g/mol. The maximum atomic E-state index is 11.1. The summed E-state index contributed by atoms with van der Waals surface area (Å²) in [6.07, 6.45) is 9.85. The van der Waals surface area contributed by atoms with Crippen LogP contribution in [0.1, 0.15) is 64.2 Å². The third kappa shape index (κ3) is 2.19. The molecular weight excluding hydrogens is 296 g/mol. The summed E-state index contributed by atoms with van der Waals surface area (Å²) >= 11 is 0. The molecule has 6 fully saturated rings. The van der Waals surface area contributed by atoms with Crippen molar-refractivity contribution in [3.63, 3.8) is 0 Å². The molecule has 2 spiro atoms. The quantitative estimate of drug-likeness (QED) is 0.789. The van der Waals surface area contributed by atoms with E-state index in [1.807, 2.05) is 0 Å². The molecule has 0 aromatic carbocycles. The van der Waals surface area contributed by atoms with Gasteiger partial charge in [0.15, 0.2) is 0 Å². The van der Waals surface area contributed by atoms with Gasteiger partial charge in [-0.05, 0) is 62.7 Å². The zero-order valence-electron chi connectivity index (χ0n) is 13.5. The molecule has 1 heterocycles. The molecule has 0 radical (unpaired) electrons. The molecule has 0 aromatic rings. The second kappa shape index (κ2) is 4.93. The van der Waals surface area contributed by atoms with Crippen LogP contribution in [0.2, 0.25) is 0 Å². The van der Waals surface area contributed by atoms with E-state index in [-0.39, 0.29) is 12.3 Å². The molecule has 0 amide bonds. The van der Waals surface area contributed by atoms with E-state index in [1.54, 1.807) is 0 Å². The predicted octanol–water partition coefficient (Wildman–Crippen LogP) is 3.48. The first-order valence-electron chi connectivity index (χ1n) is 9.36. The van der Waals surface area contributed by atoms with Crippen molar-refractivity contribution >= 4 is 5.97 Å². The minimum atomic E-state index is -0.727. The van der Waals surface area contributed by atoms with E-state index in [0.717, 1.165) is 31.1 Å². The largest absolute Gasteiger partial charge is 0.481 e. The van der Waals surface area contributed by atoms with Crippen LogP contribution in [0.4, 0.5) is 0 Å². The van der Waals surface area contributed by atoms with E-state index in [9.17, 15) is 4.79 Å². The topological polar surface area (TPSA) is 65.0 Å². The highest BCUT2D eigenvalue weighted by atomic mass is 17.3. The number of aliphatic carboxylic acids is 1. The Morgan fingerprint density at radius 3 is 2.39 bits per heavy atom. The fourth-order valence-electron chi connectivity index (χ4n) is 6.50. The lowest BCUT2D eigenvalue weighted by molar-refractivity contribution is -0.390. The van der Waals surface area contributed by atoms with E-state index in [4.69, 9.17) is 19.6 Å². The molecule has 5 nitrogen and oxygen atoms in total. The first-order valence-corrected chi connectivity index (χ1v) is 9.36. The Balaban J connectivity index is 1.37. The average Bonchev–Trinajstić information content (AvgIpc) is 2.84. The van der Waals surface area contributed by atoms with Gasteiger partial charge in [-0.3, -0.25) is 4.79 Å². The molecule has 23 heavy (non-hydrogen) atoms. The van der Waals surface area contributed by atoms with Crippen molar-refractivity contribution < 1.29 is 24.4 Å². The maximum Gasteiger partial charge on any atom is 0.303 e. The minimum absolute atomic E-state index is 0.136. The Labute approximate surface area is 136 Å². The summed E-state index contributed by atoms with van der Waals surface area (Å²) in [5.41, 5.74) is 0. The molecule has 5 saturated carbocycles. The Morgan fingerprint density at radius 1 is 1.04 bits per heavy atom. The van der Waals surface area contributed by atoms with E-state index in [0.29, 0.717) is 18.3 Å². The summed E-state index contributed by atoms with van der Waals surface area (Å²) in [6.45, 7) is 0. The summed E-state index contributed by atoms with van der Waals surface area (Å²) < 4.78 is 6.63. The Morgan fingerprint density at radius 2 is 1.74 bits per heavy atom. The molecule has 1 N–H and O–H groups in total. The van der Waals surface area contributed by atoms with Crippen molar-refractivity contribution in [2.75, 3.05) is 0 Å². The Bertz CT molecular complexity index is 490. The van der Waals surface area contributed by atoms with Crippen molar-refractivity contribution in [2.24, 2.45) is 29.6 Å². The van der Waals surface area contributed by atoms with E-state index < -0.39 is 17.5 Å². The van der Waals surface area contributed by atoms with Gasteiger partial charge >= 0.3 is 5.97 Å². The highest BCUT2D eigenvalue weighted by Crippen LogP contribution is 2.63. The van der Waals surface area contributed by atoms with Crippen molar-refractivity contribution in [2.45, 2.75) is 75.8 Å². The van der Waals surface area contributed by atoms with Crippen LogP contribution in [0, 0.1) is 29.6 Å². The highest BCUT2D eigenvalue weighted by molar-refractivity contribution is 5.67. The summed E-state index contributed by atoms with van der Waals surface area (Å²) in [5.74, 6) is 0.853. The number of rotatable bonds is 2. The van der Waals surface area contributed by atoms with Gasteiger partial charge in [0.1, 0.15) is 0 Å². The van der Waals surface area contributed by atoms with E-state index in [2.05, 4.69) is 0 Å². The molecule has 1 aliphatic heterocycles. The Hall–Kier alpha value is -0.650. The summed E-state index contributed by atoms with van der Waals surface area (Å²) in [5, 5.41) is 9.09. The second-order valence-corrected chi connectivity index (χ2v) is 8.77. The molecule has 6 rings (SSSR count). The van der Waals surface area contributed by atoms with Crippen LogP contribution < -0.4 is 0 Å². The van der Waals surface area contributed by atoms with Crippen LogP contribution in [0.5, 0.6) is 0 Å². The lowest BCUT2D eigenvalue weighted by Crippen LogP contribution is -2.59. The summed E-state index contributed by atoms with van der Waals surface area (Å²) in [6, 6.07) is 0. The van der Waals surface area contributed by atoms with Crippen molar-refractivity contribution in [1.82, 2.24) is 0 Å². The van der Waals surface area contributed by atoms with Crippen LogP contribution in [0.3, 0.4) is 0 Å². The number of carboxylic acids is 1. The first-order chi connectivity index (χ1) is 11.1. The molecule has 6 aliphatic rings. The SMILES string of the molecule is O=C(O)CC1CCC[C@]2(C1)OOC1(O2)C2CC3CC(C2)CC1C3. The molecule has 4 bridgehead atoms. The van der Waals surface area contributed by atoms with Crippen LogP contribution >= 0.6 is 0 Å². The molecular formula is C18H26O5. The third-order valence-electron chi connectivity index (χ3n) is 7.18. The lowest BCUT2D eigenvalue weighted by Gasteiger charge is -2.57. The summed E-state index contributed by atoms with van der Waals surface area (Å²) in [4.78, 5) is 22.9. The first kappa shape index (κ1) is 14.7. The highest BCUT2D eigenvalue weighted by Gasteiger charge is 2.66. The molecule has 128 valence electrons. The minimum Gasteiger partial charge on any atom is -0.481 e. The maximum absolute atomic E-state index is 11.1. The van der Waals surface area contributed by atoms with Gasteiger partial charge in [0.05, 0.1) is 0 Å². The molecule has 2 atom stereocenters. The van der Waals surface area contributed by atoms with Gasteiger partial charge in [-0.1, -0.05) is 0 Å². The van der Waals surface area contributed by atoms with Gasteiger partial charge in [0, 0.05) is 31.1 Å². The number of carbonyl (C=O) groups is 1. The number of hydrogen-bond donors (Lipinski definition) is 1. The molecule has 5 heteroatoms. The van der Waals surface area contributed by atoms with Crippen LogP contribution in [-0.4, -0.2) is 22.7 Å². The zero-order valence-corrected chi connectivity index (χ0v) is 13.5. The van der Waals surface area contributed by atoms with Gasteiger partial charge < -0.3 is 9.84 Å². The van der Waals surface area contributed by atoms with E-state index in [1.165, 1.54) is 32.1 Å². The normalized spacial score (nSPS) is 54.2. The average molecular weight is 322 g/mol. The second-order valence-electron chi connectivity index (χ2n) is 8.77. The van der Waals surface area contributed by atoms with Gasteiger partial charge in [0.25, 0.3) is 0 Å². The van der Waals surface area contributed by atoms with E-state index >= 15 is 0 Å².